The maximum atomic E-state index is 13.5. The molecule has 0 bridgehead atoms. The van der Waals surface area contributed by atoms with E-state index < -0.39 is 16.9 Å². The third-order valence-electron chi connectivity index (χ3n) is 5.07. The number of hydrogen-bond donors (Lipinski definition) is 0. The van der Waals surface area contributed by atoms with E-state index in [4.69, 9.17) is 4.74 Å². The number of hydrogen-bond acceptors (Lipinski definition) is 7. The lowest BCUT2D eigenvalue weighted by Gasteiger charge is -2.24. The Bertz CT molecular complexity index is 1470. The van der Waals surface area contributed by atoms with Crippen molar-refractivity contribution >= 4 is 29.1 Å². The average Bonchev–Trinajstić information content (AvgIpc) is 3.11. The Morgan fingerprint density at radius 2 is 2.03 bits per heavy atom. The predicted molar refractivity (Wildman–Crippen MR) is 124 cm³/mol. The Morgan fingerprint density at radius 1 is 1.27 bits per heavy atom. The van der Waals surface area contributed by atoms with Gasteiger partial charge in [-0.05, 0) is 24.1 Å². The molecule has 3 aromatic rings. The number of benzene rings is 2. The van der Waals surface area contributed by atoms with Gasteiger partial charge in [0.25, 0.3) is 11.2 Å². The lowest BCUT2D eigenvalue weighted by molar-refractivity contribution is -0.384. The second-order valence-corrected chi connectivity index (χ2v) is 8.24. The van der Waals surface area contributed by atoms with Gasteiger partial charge < -0.3 is 4.74 Å². The zero-order chi connectivity index (χ0) is 23.5. The van der Waals surface area contributed by atoms with Crippen LogP contribution in [0.25, 0.3) is 6.08 Å². The van der Waals surface area contributed by atoms with E-state index in [0.717, 1.165) is 16.9 Å². The van der Waals surface area contributed by atoms with Crippen LogP contribution in [0.15, 0.2) is 88.3 Å². The van der Waals surface area contributed by atoms with Gasteiger partial charge in [0.15, 0.2) is 4.80 Å². The highest BCUT2D eigenvalue weighted by atomic mass is 32.1. The fourth-order valence-corrected chi connectivity index (χ4v) is 4.67. The first kappa shape index (κ1) is 22.1. The number of non-ortho nitro benzene ring substituents is 1. The van der Waals surface area contributed by atoms with Crippen molar-refractivity contribution in [3.05, 3.63) is 119 Å². The number of thiazole rings is 1. The van der Waals surface area contributed by atoms with E-state index in [2.05, 4.69) is 11.6 Å². The largest absolute Gasteiger partial charge is 0.458 e. The molecule has 0 aliphatic carbocycles. The maximum Gasteiger partial charge on any atom is 0.338 e. The van der Waals surface area contributed by atoms with E-state index in [1.54, 1.807) is 25.1 Å². The summed E-state index contributed by atoms with van der Waals surface area (Å²) in [6, 6.07) is 14.5. The summed E-state index contributed by atoms with van der Waals surface area (Å²) in [5, 5.41) is 11.1. The SMILES string of the molecule is C=CCOC(=O)C1=C(C)N=c2s/c(=C\c3cccc([N+](=O)[O-])c3)c(=O)n2[C@@H]1c1ccccc1. The highest BCUT2D eigenvalue weighted by Gasteiger charge is 2.33. The van der Waals surface area contributed by atoms with Crippen LogP contribution >= 0.6 is 11.3 Å². The Balaban J connectivity index is 1.91. The molecular weight excluding hydrogens is 442 g/mol. The summed E-state index contributed by atoms with van der Waals surface area (Å²) in [4.78, 5) is 41.9. The summed E-state index contributed by atoms with van der Waals surface area (Å²) in [6.07, 6.45) is 3.06. The van der Waals surface area contributed by atoms with Crippen LogP contribution < -0.4 is 14.9 Å². The van der Waals surface area contributed by atoms with Crippen LogP contribution in [-0.2, 0) is 9.53 Å². The molecule has 1 aromatic heterocycles. The fraction of sp³-hybridized carbons (Fsp3) is 0.125. The van der Waals surface area contributed by atoms with Crippen molar-refractivity contribution in [1.29, 1.82) is 0 Å². The van der Waals surface area contributed by atoms with Gasteiger partial charge >= 0.3 is 5.97 Å². The molecule has 2 aromatic carbocycles. The standard InChI is InChI=1S/C24H19N3O5S/c1-3-12-32-23(29)20-15(2)25-24-26(21(20)17-9-5-4-6-10-17)22(28)19(33-24)14-16-8-7-11-18(13-16)27(30)31/h3-11,13-14,21H,1,12H2,2H3/b19-14-/t21-/m1/s1. The minimum atomic E-state index is -0.716. The molecule has 9 heteroatoms. The van der Waals surface area contributed by atoms with Crippen LogP contribution in [0.3, 0.4) is 0 Å². The summed E-state index contributed by atoms with van der Waals surface area (Å²) < 4.78 is 7.11. The third kappa shape index (κ3) is 4.31. The van der Waals surface area contributed by atoms with Gasteiger partial charge in [0, 0.05) is 12.1 Å². The average molecular weight is 461 g/mol. The molecule has 0 unspecified atom stereocenters. The smallest absolute Gasteiger partial charge is 0.338 e. The predicted octanol–water partition coefficient (Wildman–Crippen LogP) is 2.87. The molecule has 0 radical (unpaired) electrons. The monoisotopic (exact) mass is 461 g/mol. The molecule has 0 spiro atoms. The highest BCUT2D eigenvalue weighted by Crippen LogP contribution is 2.30. The molecule has 1 atom stereocenters. The number of nitrogens with zero attached hydrogens (tertiary/aromatic N) is 3. The number of carbonyl (C=O) groups excluding carboxylic acids is 1. The molecular formula is C24H19N3O5S. The lowest BCUT2D eigenvalue weighted by Crippen LogP contribution is -2.39. The zero-order valence-electron chi connectivity index (χ0n) is 17.6. The molecule has 0 saturated carbocycles. The Hall–Kier alpha value is -4.11. The summed E-state index contributed by atoms with van der Waals surface area (Å²) >= 11 is 1.16. The molecule has 1 aliphatic rings. The number of ether oxygens (including phenoxy) is 1. The van der Waals surface area contributed by atoms with E-state index in [0.29, 0.717) is 20.6 Å². The molecule has 0 N–H and O–H groups in total. The van der Waals surface area contributed by atoms with Crippen molar-refractivity contribution in [1.82, 2.24) is 4.57 Å². The molecule has 4 rings (SSSR count). The number of nitro groups is 1. The van der Waals surface area contributed by atoms with Gasteiger partial charge in [0.2, 0.25) is 0 Å². The Labute approximate surface area is 192 Å². The molecule has 166 valence electrons. The van der Waals surface area contributed by atoms with Gasteiger partial charge in [-0.1, -0.05) is 66.5 Å². The van der Waals surface area contributed by atoms with Gasteiger partial charge in [-0.25, -0.2) is 9.79 Å². The highest BCUT2D eigenvalue weighted by molar-refractivity contribution is 7.07. The van der Waals surface area contributed by atoms with Crippen molar-refractivity contribution in [2.45, 2.75) is 13.0 Å². The van der Waals surface area contributed by atoms with Crippen molar-refractivity contribution < 1.29 is 14.5 Å². The van der Waals surface area contributed by atoms with Crippen LogP contribution in [-0.4, -0.2) is 22.1 Å². The molecule has 0 fully saturated rings. The number of carbonyl (C=O) groups is 1. The van der Waals surface area contributed by atoms with Gasteiger partial charge in [0.05, 0.1) is 26.8 Å². The first-order chi connectivity index (χ1) is 15.9. The minimum Gasteiger partial charge on any atom is -0.458 e. The van der Waals surface area contributed by atoms with Crippen molar-refractivity contribution in [3.63, 3.8) is 0 Å². The molecule has 8 nitrogen and oxygen atoms in total. The summed E-state index contributed by atoms with van der Waals surface area (Å²) in [5.41, 5.74) is 1.58. The molecule has 33 heavy (non-hydrogen) atoms. The van der Waals surface area contributed by atoms with Crippen molar-refractivity contribution in [2.75, 3.05) is 6.61 Å². The third-order valence-corrected chi connectivity index (χ3v) is 6.05. The molecule has 1 aliphatic heterocycles. The maximum absolute atomic E-state index is 13.5. The number of rotatable bonds is 6. The molecule has 0 amide bonds. The fourth-order valence-electron chi connectivity index (χ4n) is 3.63. The van der Waals surface area contributed by atoms with Crippen LogP contribution in [0.1, 0.15) is 24.1 Å². The number of nitro benzene ring substituents is 1. The first-order valence-corrected chi connectivity index (χ1v) is 10.8. The summed E-state index contributed by atoms with van der Waals surface area (Å²) in [5.74, 6) is -0.571. The van der Waals surface area contributed by atoms with Crippen molar-refractivity contribution in [3.8, 4) is 0 Å². The first-order valence-electron chi connectivity index (χ1n) is 10.0. The van der Waals surface area contributed by atoms with Crippen LogP contribution in [0.5, 0.6) is 0 Å². The van der Waals surface area contributed by atoms with Gasteiger partial charge in [0.1, 0.15) is 6.61 Å². The van der Waals surface area contributed by atoms with E-state index in [1.807, 2.05) is 30.3 Å². The van der Waals surface area contributed by atoms with E-state index >= 15 is 0 Å². The Kier molecular flexibility index (Phi) is 6.14. The van der Waals surface area contributed by atoms with Crippen molar-refractivity contribution in [2.24, 2.45) is 4.99 Å². The van der Waals surface area contributed by atoms with E-state index in [1.165, 1.54) is 22.8 Å². The topological polar surface area (TPSA) is 104 Å². The van der Waals surface area contributed by atoms with Crippen LogP contribution in [0.4, 0.5) is 5.69 Å². The van der Waals surface area contributed by atoms with E-state index in [9.17, 15) is 19.7 Å². The minimum absolute atomic E-state index is 0.0360. The number of allylic oxidation sites excluding steroid dienone is 1. The molecule has 2 heterocycles. The second kappa shape index (κ2) is 9.17. The van der Waals surface area contributed by atoms with E-state index in [-0.39, 0.29) is 23.4 Å². The second-order valence-electron chi connectivity index (χ2n) is 7.23. The number of fused-ring (bicyclic) bond motifs is 1. The van der Waals surface area contributed by atoms with Gasteiger partial charge in [-0.3, -0.25) is 19.5 Å². The Morgan fingerprint density at radius 3 is 2.73 bits per heavy atom. The number of aromatic nitrogens is 1. The number of esters is 1. The zero-order valence-corrected chi connectivity index (χ0v) is 18.5. The summed E-state index contributed by atoms with van der Waals surface area (Å²) in [6.45, 7) is 5.31. The lowest BCUT2D eigenvalue weighted by atomic mass is 9.96. The van der Waals surface area contributed by atoms with Gasteiger partial charge in [-0.15, -0.1) is 0 Å². The van der Waals surface area contributed by atoms with Gasteiger partial charge in [-0.2, -0.15) is 0 Å². The summed E-state index contributed by atoms with van der Waals surface area (Å²) in [7, 11) is 0. The van der Waals surface area contributed by atoms with Crippen LogP contribution in [0.2, 0.25) is 0 Å². The normalized spacial score (nSPS) is 15.5. The van der Waals surface area contributed by atoms with Crippen LogP contribution in [0, 0.1) is 10.1 Å². The molecule has 0 saturated heterocycles. The quantitative estimate of drug-likeness (QED) is 0.243.